The molecule has 5 N–H and O–H groups in total. The van der Waals surface area contributed by atoms with Crippen molar-refractivity contribution < 1.29 is 9.53 Å². The van der Waals surface area contributed by atoms with Gasteiger partial charge in [-0.15, -0.1) is 0 Å². The molecule has 7 nitrogen and oxygen atoms in total. The van der Waals surface area contributed by atoms with E-state index in [1.807, 2.05) is 7.05 Å². The molecule has 1 unspecified atom stereocenters. The summed E-state index contributed by atoms with van der Waals surface area (Å²) in [5.41, 5.74) is 6.56. The molecule has 9 heteroatoms. The maximum Gasteiger partial charge on any atom is 0.255 e. The van der Waals surface area contributed by atoms with Gasteiger partial charge in [-0.25, -0.2) is 0 Å². The molecule has 0 bridgehead atoms. The number of nitrogens with one attached hydrogen (secondary N) is 3. The van der Waals surface area contributed by atoms with Crippen molar-refractivity contribution in [2.75, 3.05) is 52.6 Å². The minimum Gasteiger partial charge on any atom is -0.496 e. The van der Waals surface area contributed by atoms with Gasteiger partial charge < -0.3 is 31.3 Å². The van der Waals surface area contributed by atoms with Crippen molar-refractivity contribution in [1.82, 2.24) is 20.9 Å². The van der Waals surface area contributed by atoms with E-state index < -0.39 is 0 Å². The zero-order valence-electron chi connectivity index (χ0n) is 15.8. The number of ether oxygens (including phenoxy) is 1. The number of hydrogen-bond acceptors (Lipinski definition) is 5. The second kappa shape index (κ2) is 10.5. The first kappa shape index (κ1) is 21.5. The molecule has 1 amide bonds. The van der Waals surface area contributed by atoms with Crippen LogP contribution < -0.4 is 26.4 Å². The summed E-state index contributed by atoms with van der Waals surface area (Å²) in [6.07, 6.45) is 2.10. The van der Waals surface area contributed by atoms with Crippen LogP contribution in [0.4, 0.5) is 5.69 Å². The van der Waals surface area contributed by atoms with Gasteiger partial charge in [0.15, 0.2) is 5.11 Å². The highest BCUT2D eigenvalue weighted by molar-refractivity contribution is 7.80. The summed E-state index contributed by atoms with van der Waals surface area (Å²) in [6.45, 7) is 4.54. The summed E-state index contributed by atoms with van der Waals surface area (Å²) in [5.74, 6) is 0.668. The van der Waals surface area contributed by atoms with Crippen LogP contribution in [0.2, 0.25) is 5.02 Å². The standard InChI is InChI=1S/C18H28ClN5O2S/c1-21-18(27)22-5-3-6-24-7-4-12(11-24)10-23-17(25)13-8-14(19)15(20)9-16(13)26-2/h8-9,12H,3-7,10-11,20H2,1-2H3,(H,23,25)(H2,21,22,27). The second-order valence-electron chi connectivity index (χ2n) is 6.60. The monoisotopic (exact) mass is 413 g/mol. The van der Waals surface area contributed by atoms with E-state index in [4.69, 9.17) is 34.3 Å². The van der Waals surface area contributed by atoms with Crippen molar-refractivity contribution in [1.29, 1.82) is 0 Å². The number of nitrogens with zero attached hydrogens (tertiary/aromatic N) is 1. The van der Waals surface area contributed by atoms with Crippen LogP contribution in [-0.2, 0) is 0 Å². The van der Waals surface area contributed by atoms with Gasteiger partial charge in [0.25, 0.3) is 5.91 Å². The Balaban J connectivity index is 1.75. The summed E-state index contributed by atoms with van der Waals surface area (Å²) < 4.78 is 5.24. The molecule has 0 aromatic heterocycles. The lowest BCUT2D eigenvalue weighted by Gasteiger charge is -2.17. The third kappa shape index (κ3) is 6.41. The summed E-state index contributed by atoms with van der Waals surface area (Å²) in [5, 5.41) is 10.1. The quantitative estimate of drug-likeness (QED) is 0.291. The highest BCUT2D eigenvalue weighted by Gasteiger charge is 2.23. The molecule has 1 aliphatic heterocycles. The number of amides is 1. The van der Waals surface area contributed by atoms with E-state index in [2.05, 4.69) is 20.9 Å². The van der Waals surface area contributed by atoms with Gasteiger partial charge in [0.2, 0.25) is 0 Å². The molecular formula is C18H28ClN5O2S. The fourth-order valence-corrected chi connectivity index (χ4v) is 3.39. The van der Waals surface area contributed by atoms with Crippen molar-refractivity contribution in [3.63, 3.8) is 0 Å². The van der Waals surface area contributed by atoms with Gasteiger partial charge in [-0.2, -0.15) is 0 Å². The van der Waals surface area contributed by atoms with Gasteiger partial charge in [0.05, 0.1) is 23.4 Å². The first-order valence-corrected chi connectivity index (χ1v) is 9.82. The zero-order chi connectivity index (χ0) is 19.8. The Morgan fingerprint density at radius 1 is 1.44 bits per heavy atom. The SMILES string of the molecule is CNC(=S)NCCCN1CCC(CNC(=O)c2cc(Cl)c(N)cc2OC)C1. The lowest BCUT2D eigenvalue weighted by Crippen LogP contribution is -2.35. The average molecular weight is 414 g/mol. The fourth-order valence-electron chi connectivity index (χ4n) is 3.12. The van der Waals surface area contributed by atoms with Crippen LogP contribution in [-0.4, -0.2) is 62.8 Å². The van der Waals surface area contributed by atoms with E-state index in [0.717, 1.165) is 39.0 Å². The Bertz CT molecular complexity index is 673. The van der Waals surface area contributed by atoms with E-state index >= 15 is 0 Å². The number of nitrogen functional groups attached to an aromatic ring is 1. The number of likely N-dealkylation sites (tertiary alicyclic amines) is 1. The summed E-state index contributed by atoms with van der Waals surface area (Å²) >= 11 is 11.1. The molecule has 27 heavy (non-hydrogen) atoms. The minimum absolute atomic E-state index is 0.197. The van der Waals surface area contributed by atoms with Crippen LogP contribution in [0.1, 0.15) is 23.2 Å². The van der Waals surface area contributed by atoms with Crippen LogP contribution in [0, 0.1) is 5.92 Å². The Morgan fingerprint density at radius 3 is 2.93 bits per heavy atom. The van der Waals surface area contributed by atoms with Crippen molar-refractivity contribution in [2.45, 2.75) is 12.8 Å². The maximum atomic E-state index is 12.5. The molecule has 1 saturated heterocycles. The predicted octanol–water partition coefficient (Wildman–Crippen LogP) is 1.47. The van der Waals surface area contributed by atoms with Crippen LogP contribution in [0.5, 0.6) is 5.75 Å². The normalized spacial score (nSPS) is 16.8. The Morgan fingerprint density at radius 2 is 2.22 bits per heavy atom. The smallest absolute Gasteiger partial charge is 0.255 e. The molecule has 1 atom stereocenters. The molecule has 0 aliphatic carbocycles. The molecule has 0 spiro atoms. The summed E-state index contributed by atoms with van der Waals surface area (Å²) in [7, 11) is 3.31. The number of methoxy groups -OCH3 is 1. The van der Waals surface area contributed by atoms with E-state index in [9.17, 15) is 4.79 Å². The van der Waals surface area contributed by atoms with Crippen molar-refractivity contribution >= 4 is 40.5 Å². The average Bonchev–Trinajstić information content (AvgIpc) is 3.12. The molecule has 1 aromatic rings. The summed E-state index contributed by atoms with van der Waals surface area (Å²) in [6, 6.07) is 3.12. The molecular weight excluding hydrogens is 386 g/mol. The first-order chi connectivity index (χ1) is 12.9. The number of anilines is 1. The van der Waals surface area contributed by atoms with Gasteiger partial charge in [-0.3, -0.25) is 4.79 Å². The van der Waals surface area contributed by atoms with E-state index in [0.29, 0.717) is 39.6 Å². The largest absolute Gasteiger partial charge is 0.496 e. The lowest BCUT2D eigenvalue weighted by molar-refractivity contribution is 0.0944. The van der Waals surface area contributed by atoms with Crippen LogP contribution in [0.15, 0.2) is 12.1 Å². The topological polar surface area (TPSA) is 91.7 Å². The van der Waals surface area contributed by atoms with Gasteiger partial charge >= 0.3 is 0 Å². The Hall–Kier alpha value is -1.77. The molecule has 1 fully saturated rings. The van der Waals surface area contributed by atoms with Gasteiger partial charge in [0, 0.05) is 32.7 Å². The number of hydrogen-bond donors (Lipinski definition) is 4. The molecule has 1 aromatic carbocycles. The number of halogens is 1. The molecule has 2 rings (SSSR count). The van der Waals surface area contributed by atoms with Gasteiger partial charge in [0.1, 0.15) is 5.75 Å². The molecule has 1 heterocycles. The Kier molecular flexibility index (Phi) is 8.40. The van der Waals surface area contributed by atoms with E-state index in [-0.39, 0.29) is 5.91 Å². The van der Waals surface area contributed by atoms with Gasteiger partial charge in [-0.1, -0.05) is 11.6 Å². The van der Waals surface area contributed by atoms with Crippen molar-refractivity contribution in [3.05, 3.63) is 22.7 Å². The first-order valence-electron chi connectivity index (χ1n) is 9.03. The number of carbonyl (C=O) groups is 1. The van der Waals surface area contributed by atoms with Crippen LogP contribution >= 0.6 is 23.8 Å². The number of benzene rings is 1. The van der Waals surface area contributed by atoms with E-state index in [1.54, 1.807) is 12.1 Å². The van der Waals surface area contributed by atoms with E-state index in [1.165, 1.54) is 7.11 Å². The number of carbonyl (C=O) groups excluding carboxylic acids is 1. The van der Waals surface area contributed by atoms with Crippen molar-refractivity contribution in [2.24, 2.45) is 5.92 Å². The van der Waals surface area contributed by atoms with Crippen LogP contribution in [0.3, 0.4) is 0 Å². The highest BCUT2D eigenvalue weighted by Crippen LogP contribution is 2.28. The number of rotatable bonds is 8. The minimum atomic E-state index is -0.197. The van der Waals surface area contributed by atoms with Crippen molar-refractivity contribution in [3.8, 4) is 5.75 Å². The molecule has 0 saturated carbocycles. The Labute approximate surface area is 170 Å². The molecule has 150 valence electrons. The maximum absolute atomic E-state index is 12.5. The number of nitrogens with two attached hydrogens (primary N) is 1. The van der Waals surface area contributed by atoms with Crippen LogP contribution in [0.25, 0.3) is 0 Å². The number of thiocarbonyl (C=S) groups is 1. The second-order valence-corrected chi connectivity index (χ2v) is 7.41. The third-order valence-electron chi connectivity index (χ3n) is 4.65. The predicted molar refractivity (Wildman–Crippen MR) is 114 cm³/mol. The zero-order valence-corrected chi connectivity index (χ0v) is 17.4. The molecule has 1 aliphatic rings. The third-order valence-corrected chi connectivity index (χ3v) is 5.32. The summed E-state index contributed by atoms with van der Waals surface area (Å²) in [4.78, 5) is 14.9. The molecule has 0 radical (unpaired) electrons. The van der Waals surface area contributed by atoms with Gasteiger partial charge in [-0.05, 0) is 50.1 Å². The lowest BCUT2D eigenvalue weighted by atomic mass is 10.1. The fraction of sp³-hybridized carbons (Fsp3) is 0.556. The highest BCUT2D eigenvalue weighted by atomic mass is 35.5.